The number of benzene rings is 2. The maximum atomic E-state index is 13.1. The first kappa shape index (κ1) is 20.7. The number of carbonyl (C=O) groups excluding carboxylic acids is 2. The van der Waals surface area contributed by atoms with Gasteiger partial charge in [-0.15, -0.1) is 0 Å². The molecule has 2 aliphatic heterocycles. The molecule has 3 aromatic rings. The third kappa shape index (κ3) is 3.59. The van der Waals surface area contributed by atoms with Crippen LogP contribution < -0.4 is 19.1 Å². The zero-order chi connectivity index (χ0) is 22.9. The number of rotatable bonds is 5. The number of aliphatic hydroxyl groups excluding tert-OH is 1. The van der Waals surface area contributed by atoms with Gasteiger partial charge in [-0.2, -0.15) is 0 Å². The third-order valence-corrected chi connectivity index (χ3v) is 5.50. The Bertz CT molecular complexity index is 1230. The number of ketones is 1. The molecule has 0 saturated carbocycles. The summed E-state index contributed by atoms with van der Waals surface area (Å²) in [6.07, 6.45) is 1.46. The Morgan fingerprint density at radius 2 is 1.82 bits per heavy atom. The molecule has 2 aromatic carbocycles. The first-order valence-corrected chi connectivity index (χ1v) is 10.6. The Morgan fingerprint density at radius 1 is 1.06 bits per heavy atom. The van der Waals surface area contributed by atoms with Gasteiger partial charge in [-0.05, 0) is 61.5 Å². The number of ether oxygens (including phenoxy) is 3. The minimum atomic E-state index is -0.939. The normalized spacial score (nSPS) is 19.1. The van der Waals surface area contributed by atoms with Crippen molar-refractivity contribution in [3.8, 4) is 17.2 Å². The summed E-state index contributed by atoms with van der Waals surface area (Å²) in [6, 6.07) is 14.1. The number of carbonyl (C=O) groups is 2. The van der Waals surface area contributed by atoms with E-state index in [0.717, 1.165) is 0 Å². The van der Waals surface area contributed by atoms with Crippen molar-refractivity contribution in [1.29, 1.82) is 0 Å². The van der Waals surface area contributed by atoms with Crippen LogP contribution in [0.3, 0.4) is 0 Å². The summed E-state index contributed by atoms with van der Waals surface area (Å²) < 4.78 is 22.2. The van der Waals surface area contributed by atoms with Crippen molar-refractivity contribution in [2.45, 2.75) is 13.0 Å². The third-order valence-electron chi connectivity index (χ3n) is 5.50. The molecule has 1 saturated heterocycles. The lowest BCUT2D eigenvalue weighted by atomic mass is 9.99. The molecule has 1 fully saturated rings. The number of aliphatic hydroxyl groups is 1. The van der Waals surface area contributed by atoms with E-state index < -0.39 is 17.7 Å². The van der Waals surface area contributed by atoms with E-state index in [2.05, 4.69) is 0 Å². The Kier molecular flexibility index (Phi) is 5.26. The van der Waals surface area contributed by atoms with E-state index in [9.17, 15) is 14.7 Å². The standard InChI is InChI=1S/C25H21NO7/c1-2-30-17-8-6-16(7-9-17)26-22(19-4-3-11-31-19)21(24(28)25(26)29)23(27)15-5-10-18-20(14-15)33-13-12-32-18/h3-11,14,22,27H,2,12-13H2,1H3/b23-21-. The predicted octanol–water partition coefficient (Wildman–Crippen LogP) is 4.08. The molecule has 0 bridgehead atoms. The summed E-state index contributed by atoms with van der Waals surface area (Å²) in [7, 11) is 0. The van der Waals surface area contributed by atoms with Gasteiger partial charge in [0.2, 0.25) is 0 Å². The van der Waals surface area contributed by atoms with Crippen LogP contribution in [0.2, 0.25) is 0 Å². The zero-order valence-electron chi connectivity index (χ0n) is 17.8. The van der Waals surface area contributed by atoms with E-state index >= 15 is 0 Å². The molecule has 1 aromatic heterocycles. The fourth-order valence-corrected chi connectivity index (χ4v) is 4.03. The summed E-state index contributed by atoms with van der Waals surface area (Å²) in [4.78, 5) is 27.6. The number of nitrogens with zero attached hydrogens (tertiary/aromatic N) is 1. The molecular weight excluding hydrogens is 426 g/mol. The number of anilines is 1. The number of Topliss-reactive ketones (excluding diaryl/α,β-unsaturated/α-hetero) is 1. The summed E-state index contributed by atoms with van der Waals surface area (Å²) >= 11 is 0. The maximum absolute atomic E-state index is 13.1. The van der Waals surface area contributed by atoms with Gasteiger partial charge in [0.1, 0.15) is 36.5 Å². The van der Waals surface area contributed by atoms with E-state index in [-0.39, 0.29) is 11.3 Å². The monoisotopic (exact) mass is 447 g/mol. The molecule has 0 spiro atoms. The van der Waals surface area contributed by atoms with Crippen LogP contribution >= 0.6 is 0 Å². The second-order valence-electron chi connectivity index (χ2n) is 7.47. The smallest absolute Gasteiger partial charge is 0.300 e. The Balaban J connectivity index is 1.62. The van der Waals surface area contributed by atoms with E-state index in [1.54, 1.807) is 54.6 Å². The molecule has 2 aliphatic rings. The highest BCUT2D eigenvalue weighted by Gasteiger charge is 2.48. The first-order chi connectivity index (χ1) is 16.1. The topological polar surface area (TPSA) is 98.4 Å². The fourth-order valence-electron chi connectivity index (χ4n) is 4.03. The largest absolute Gasteiger partial charge is 0.507 e. The average Bonchev–Trinajstić information content (AvgIpc) is 3.46. The van der Waals surface area contributed by atoms with Gasteiger partial charge in [-0.25, -0.2) is 0 Å². The number of amides is 1. The molecule has 8 heteroatoms. The SMILES string of the molecule is CCOc1ccc(N2C(=O)C(=O)/C(=C(\O)c3ccc4c(c3)OCCO4)C2c2ccco2)cc1. The molecule has 1 atom stereocenters. The highest BCUT2D eigenvalue weighted by Crippen LogP contribution is 2.43. The molecule has 168 valence electrons. The van der Waals surface area contributed by atoms with Gasteiger partial charge in [0, 0.05) is 11.3 Å². The number of fused-ring (bicyclic) bond motifs is 1. The van der Waals surface area contributed by atoms with Gasteiger partial charge in [0.25, 0.3) is 11.7 Å². The van der Waals surface area contributed by atoms with Crippen molar-refractivity contribution in [1.82, 2.24) is 0 Å². The molecule has 0 radical (unpaired) electrons. The maximum Gasteiger partial charge on any atom is 0.300 e. The van der Waals surface area contributed by atoms with Crippen LogP contribution in [-0.4, -0.2) is 36.6 Å². The number of hydrogen-bond acceptors (Lipinski definition) is 7. The van der Waals surface area contributed by atoms with Crippen molar-refractivity contribution in [2.24, 2.45) is 0 Å². The van der Waals surface area contributed by atoms with Crippen LogP contribution in [-0.2, 0) is 9.59 Å². The number of hydrogen-bond donors (Lipinski definition) is 1. The van der Waals surface area contributed by atoms with E-state index in [1.807, 2.05) is 6.92 Å². The zero-order valence-corrected chi connectivity index (χ0v) is 17.8. The van der Waals surface area contributed by atoms with Crippen molar-refractivity contribution in [3.63, 3.8) is 0 Å². The van der Waals surface area contributed by atoms with Crippen molar-refractivity contribution in [2.75, 3.05) is 24.7 Å². The number of furan rings is 1. The lowest BCUT2D eigenvalue weighted by Gasteiger charge is -2.23. The average molecular weight is 447 g/mol. The van der Waals surface area contributed by atoms with Crippen LogP contribution in [0.25, 0.3) is 5.76 Å². The van der Waals surface area contributed by atoms with Gasteiger partial charge >= 0.3 is 0 Å². The van der Waals surface area contributed by atoms with Crippen LogP contribution in [0.5, 0.6) is 17.2 Å². The van der Waals surface area contributed by atoms with Gasteiger partial charge < -0.3 is 23.7 Å². The van der Waals surface area contributed by atoms with Crippen LogP contribution in [0.15, 0.2) is 70.9 Å². The summed E-state index contributed by atoms with van der Waals surface area (Å²) in [5.41, 5.74) is 0.740. The minimum absolute atomic E-state index is 0.0690. The van der Waals surface area contributed by atoms with Gasteiger partial charge in [0.15, 0.2) is 11.5 Å². The molecule has 5 rings (SSSR count). The van der Waals surface area contributed by atoms with Crippen molar-refractivity contribution in [3.05, 3.63) is 77.8 Å². The Hall–Kier alpha value is -4.20. The highest BCUT2D eigenvalue weighted by molar-refractivity contribution is 6.51. The molecule has 33 heavy (non-hydrogen) atoms. The van der Waals surface area contributed by atoms with Gasteiger partial charge in [-0.1, -0.05) is 0 Å². The molecule has 1 unspecified atom stereocenters. The molecule has 1 amide bonds. The van der Waals surface area contributed by atoms with E-state index in [0.29, 0.717) is 54.1 Å². The first-order valence-electron chi connectivity index (χ1n) is 10.6. The van der Waals surface area contributed by atoms with E-state index in [1.165, 1.54) is 11.2 Å². The van der Waals surface area contributed by atoms with Gasteiger partial charge in [-0.3, -0.25) is 14.5 Å². The lowest BCUT2D eigenvalue weighted by molar-refractivity contribution is -0.132. The second kappa shape index (κ2) is 8.38. The van der Waals surface area contributed by atoms with Crippen molar-refractivity contribution >= 4 is 23.1 Å². The van der Waals surface area contributed by atoms with Crippen LogP contribution in [0.4, 0.5) is 5.69 Å². The second-order valence-corrected chi connectivity index (χ2v) is 7.47. The fraction of sp³-hybridized carbons (Fsp3) is 0.200. The quantitative estimate of drug-likeness (QED) is 0.358. The molecule has 3 heterocycles. The van der Waals surface area contributed by atoms with Crippen LogP contribution in [0.1, 0.15) is 24.3 Å². The Morgan fingerprint density at radius 3 is 2.52 bits per heavy atom. The van der Waals surface area contributed by atoms with Crippen molar-refractivity contribution < 1.29 is 33.3 Å². The summed E-state index contributed by atoms with van der Waals surface area (Å²) in [5, 5.41) is 11.2. The van der Waals surface area contributed by atoms with E-state index in [4.69, 9.17) is 18.6 Å². The molecule has 8 nitrogen and oxygen atoms in total. The summed E-state index contributed by atoms with van der Waals surface area (Å²) in [6.45, 7) is 3.20. The highest BCUT2D eigenvalue weighted by atomic mass is 16.6. The minimum Gasteiger partial charge on any atom is -0.507 e. The molecule has 1 N–H and O–H groups in total. The van der Waals surface area contributed by atoms with Crippen LogP contribution in [0, 0.1) is 0 Å². The predicted molar refractivity (Wildman–Crippen MR) is 119 cm³/mol. The van der Waals surface area contributed by atoms with Gasteiger partial charge in [0.05, 0.1) is 18.4 Å². The summed E-state index contributed by atoms with van der Waals surface area (Å²) in [5.74, 6) is 0.110. The molecular formula is C25H21NO7. The molecule has 0 aliphatic carbocycles. The Labute approximate surface area is 189 Å². The lowest BCUT2D eigenvalue weighted by Crippen LogP contribution is -2.29.